The lowest BCUT2D eigenvalue weighted by Crippen LogP contribution is -2.14. The van der Waals surface area contributed by atoms with Crippen LogP contribution in [0.5, 0.6) is 0 Å². The van der Waals surface area contributed by atoms with E-state index in [-0.39, 0.29) is 5.56 Å². The molecule has 0 fully saturated rings. The third-order valence-corrected chi connectivity index (χ3v) is 3.63. The SMILES string of the molecule is O=C(c1ccccc1-c1ccccc1)c1cnccc1C(F)(F)F. The minimum absolute atomic E-state index is 0.210. The Hall–Kier alpha value is -2.95. The van der Waals surface area contributed by atoms with Crippen LogP contribution in [-0.2, 0) is 6.18 Å². The van der Waals surface area contributed by atoms with Crippen LogP contribution in [0.1, 0.15) is 21.5 Å². The number of alkyl halides is 3. The normalized spacial score (nSPS) is 11.3. The van der Waals surface area contributed by atoms with E-state index in [9.17, 15) is 18.0 Å². The van der Waals surface area contributed by atoms with Crippen molar-refractivity contribution in [2.45, 2.75) is 6.18 Å². The maximum Gasteiger partial charge on any atom is 0.417 e. The fraction of sp³-hybridized carbons (Fsp3) is 0.0526. The summed E-state index contributed by atoms with van der Waals surface area (Å²) in [4.78, 5) is 16.5. The Kier molecular flexibility index (Phi) is 4.16. The van der Waals surface area contributed by atoms with Crippen LogP contribution in [0.4, 0.5) is 13.2 Å². The molecule has 0 bridgehead atoms. The van der Waals surface area contributed by atoms with E-state index in [1.165, 1.54) is 6.07 Å². The molecular formula is C19H12F3NO. The van der Waals surface area contributed by atoms with Crippen molar-refractivity contribution in [2.75, 3.05) is 0 Å². The second-order valence-corrected chi connectivity index (χ2v) is 5.16. The van der Waals surface area contributed by atoms with Crippen molar-refractivity contribution in [1.29, 1.82) is 0 Å². The molecule has 0 amide bonds. The molecule has 24 heavy (non-hydrogen) atoms. The fourth-order valence-electron chi connectivity index (χ4n) is 2.52. The Balaban J connectivity index is 2.14. The maximum atomic E-state index is 13.2. The molecule has 5 heteroatoms. The number of carbonyl (C=O) groups is 1. The first kappa shape index (κ1) is 15.9. The summed E-state index contributed by atoms with van der Waals surface area (Å²) in [6, 6.07) is 16.5. The zero-order valence-corrected chi connectivity index (χ0v) is 12.4. The summed E-state index contributed by atoms with van der Waals surface area (Å²) in [5.74, 6) is -0.699. The molecule has 3 rings (SSSR count). The third kappa shape index (κ3) is 3.06. The van der Waals surface area contributed by atoms with E-state index < -0.39 is 23.1 Å². The van der Waals surface area contributed by atoms with E-state index >= 15 is 0 Å². The molecule has 2 aromatic carbocycles. The Morgan fingerprint density at radius 1 is 0.833 bits per heavy atom. The monoisotopic (exact) mass is 327 g/mol. The van der Waals surface area contributed by atoms with Gasteiger partial charge in [-0.3, -0.25) is 9.78 Å². The number of hydrogen-bond acceptors (Lipinski definition) is 2. The first-order valence-electron chi connectivity index (χ1n) is 7.19. The minimum Gasteiger partial charge on any atom is -0.289 e. The Labute approximate surface area is 136 Å². The number of aromatic nitrogens is 1. The molecule has 0 radical (unpaired) electrons. The van der Waals surface area contributed by atoms with Crippen molar-refractivity contribution >= 4 is 5.78 Å². The molecule has 0 spiro atoms. The van der Waals surface area contributed by atoms with Crippen molar-refractivity contribution < 1.29 is 18.0 Å². The highest BCUT2D eigenvalue weighted by Crippen LogP contribution is 2.34. The van der Waals surface area contributed by atoms with Crippen LogP contribution in [-0.4, -0.2) is 10.8 Å². The highest BCUT2D eigenvalue weighted by atomic mass is 19.4. The second kappa shape index (κ2) is 6.28. The summed E-state index contributed by atoms with van der Waals surface area (Å²) in [7, 11) is 0. The average molecular weight is 327 g/mol. The fourth-order valence-corrected chi connectivity index (χ4v) is 2.52. The molecule has 0 aliphatic carbocycles. The second-order valence-electron chi connectivity index (χ2n) is 5.16. The summed E-state index contributed by atoms with van der Waals surface area (Å²) < 4.78 is 39.5. The van der Waals surface area contributed by atoms with Gasteiger partial charge in [0.05, 0.1) is 11.1 Å². The van der Waals surface area contributed by atoms with Gasteiger partial charge in [0.25, 0.3) is 0 Å². The lowest BCUT2D eigenvalue weighted by Gasteiger charge is -2.13. The molecular weight excluding hydrogens is 315 g/mol. The van der Waals surface area contributed by atoms with Gasteiger partial charge in [-0.2, -0.15) is 13.2 Å². The average Bonchev–Trinajstić information content (AvgIpc) is 2.61. The van der Waals surface area contributed by atoms with Crippen LogP contribution >= 0.6 is 0 Å². The lowest BCUT2D eigenvalue weighted by atomic mass is 9.93. The lowest BCUT2D eigenvalue weighted by molar-refractivity contribution is -0.137. The molecule has 120 valence electrons. The highest BCUT2D eigenvalue weighted by molar-refractivity contribution is 6.13. The molecule has 0 aliphatic heterocycles. The number of ketones is 1. The van der Waals surface area contributed by atoms with Crippen LogP contribution in [0.2, 0.25) is 0 Å². The van der Waals surface area contributed by atoms with Gasteiger partial charge in [-0.15, -0.1) is 0 Å². The van der Waals surface area contributed by atoms with E-state index in [0.717, 1.165) is 24.0 Å². The van der Waals surface area contributed by atoms with E-state index in [2.05, 4.69) is 4.98 Å². The van der Waals surface area contributed by atoms with Gasteiger partial charge >= 0.3 is 6.18 Å². The Morgan fingerprint density at radius 3 is 2.21 bits per heavy atom. The standard InChI is InChI=1S/C19H12F3NO/c20-19(21,22)17-10-11-23-12-16(17)18(24)15-9-5-4-8-14(15)13-6-2-1-3-7-13/h1-12H. The number of hydrogen-bond donors (Lipinski definition) is 0. The Bertz CT molecular complexity index is 873. The summed E-state index contributed by atoms with van der Waals surface area (Å²) in [5.41, 5.74) is 0.125. The van der Waals surface area contributed by atoms with Gasteiger partial charge in [0.15, 0.2) is 5.78 Å². The van der Waals surface area contributed by atoms with Crippen LogP contribution < -0.4 is 0 Å². The zero-order chi connectivity index (χ0) is 17.2. The van der Waals surface area contributed by atoms with E-state index in [1.807, 2.05) is 18.2 Å². The predicted octanol–water partition coefficient (Wildman–Crippen LogP) is 5.00. The largest absolute Gasteiger partial charge is 0.417 e. The van der Waals surface area contributed by atoms with Gasteiger partial charge in [0.2, 0.25) is 0 Å². The number of halogens is 3. The number of nitrogens with zero attached hydrogens (tertiary/aromatic N) is 1. The number of pyridine rings is 1. The molecule has 0 unspecified atom stereocenters. The summed E-state index contributed by atoms with van der Waals surface area (Å²) in [6.45, 7) is 0. The molecule has 0 aliphatic rings. The molecule has 0 atom stereocenters. The zero-order valence-electron chi connectivity index (χ0n) is 12.4. The first-order valence-corrected chi connectivity index (χ1v) is 7.19. The van der Waals surface area contributed by atoms with Gasteiger partial charge in [0.1, 0.15) is 0 Å². The molecule has 0 saturated heterocycles. The van der Waals surface area contributed by atoms with Crippen molar-refractivity contribution in [3.05, 3.63) is 89.7 Å². The first-order chi connectivity index (χ1) is 11.5. The maximum absolute atomic E-state index is 13.2. The van der Waals surface area contributed by atoms with Crippen molar-refractivity contribution in [1.82, 2.24) is 4.98 Å². The molecule has 2 nitrogen and oxygen atoms in total. The topological polar surface area (TPSA) is 30.0 Å². The molecule has 0 saturated carbocycles. The minimum atomic E-state index is -4.62. The van der Waals surface area contributed by atoms with E-state index in [4.69, 9.17) is 0 Å². The predicted molar refractivity (Wildman–Crippen MR) is 84.5 cm³/mol. The number of benzene rings is 2. The van der Waals surface area contributed by atoms with Gasteiger partial charge < -0.3 is 0 Å². The van der Waals surface area contributed by atoms with Gasteiger partial charge in [-0.25, -0.2) is 0 Å². The Morgan fingerprint density at radius 2 is 1.50 bits per heavy atom. The van der Waals surface area contributed by atoms with Gasteiger partial charge in [-0.05, 0) is 17.2 Å². The van der Waals surface area contributed by atoms with Crippen molar-refractivity contribution in [3.8, 4) is 11.1 Å². The molecule has 0 N–H and O–H groups in total. The summed E-state index contributed by atoms with van der Waals surface area (Å²) >= 11 is 0. The smallest absolute Gasteiger partial charge is 0.289 e. The molecule has 3 aromatic rings. The van der Waals surface area contributed by atoms with E-state index in [1.54, 1.807) is 30.3 Å². The van der Waals surface area contributed by atoms with Gasteiger partial charge in [0, 0.05) is 18.0 Å². The van der Waals surface area contributed by atoms with Crippen LogP contribution in [0.15, 0.2) is 73.1 Å². The van der Waals surface area contributed by atoms with Crippen LogP contribution in [0.25, 0.3) is 11.1 Å². The molecule has 1 aromatic heterocycles. The highest BCUT2D eigenvalue weighted by Gasteiger charge is 2.35. The van der Waals surface area contributed by atoms with Crippen LogP contribution in [0, 0.1) is 0 Å². The molecule has 1 heterocycles. The van der Waals surface area contributed by atoms with Crippen LogP contribution in [0.3, 0.4) is 0 Å². The van der Waals surface area contributed by atoms with Crippen molar-refractivity contribution in [2.24, 2.45) is 0 Å². The summed E-state index contributed by atoms with van der Waals surface area (Å²) in [6.07, 6.45) is -2.62. The van der Waals surface area contributed by atoms with E-state index in [0.29, 0.717) is 5.56 Å². The number of rotatable bonds is 3. The summed E-state index contributed by atoms with van der Waals surface area (Å²) in [5, 5.41) is 0. The van der Waals surface area contributed by atoms with Gasteiger partial charge in [-0.1, -0.05) is 54.6 Å². The number of carbonyl (C=O) groups excluding carboxylic acids is 1. The van der Waals surface area contributed by atoms with Crippen molar-refractivity contribution in [3.63, 3.8) is 0 Å². The third-order valence-electron chi connectivity index (χ3n) is 3.63. The quantitative estimate of drug-likeness (QED) is 0.634.